The highest BCUT2D eigenvalue weighted by atomic mass is 31.2. The number of unbranched alkanes of at least 4 members (excludes halogenated alkanes) is 23. The third kappa shape index (κ3) is 58.4. The van der Waals surface area contributed by atoms with Crippen molar-refractivity contribution in [1.29, 1.82) is 0 Å². The third-order valence-electron chi connectivity index (χ3n) is 12.9. The lowest BCUT2D eigenvalue weighted by Gasteiger charge is -2.29. The summed E-state index contributed by atoms with van der Waals surface area (Å²) in [5.41, 5.74) is 0. The first-order valence-corrected chi connectivity index (χ1v) is 31.9. The summed E-state index contributed by atoms with van der Waals surface area (Å²) in [5, 5.41) is 13.9. The topological polar surface area (TPSA) is 108 Å². The summed E-state index contributed by atoms with van der Waals surface area (Å²) in [5.74, 6) is -0.226. The van der Waals surface area contributed by atoms with Crippen molar-refractivity contribution < 1.29 is 32.9 Å². The Balaban J connectivity index is 4.30. The Morgan fingerprint density at radius 2 is 0.827 bits per heavy atom. The van der Waals surface area contributed by atoms with E-state index in [-0.39, 0.29) is 12.5 Å². The van der Waals surface area contributed by atoms with Gasteiger partial charge in [-0.3, -0.25) is 9.36 Å². The van der Waals surface area contributed by atoms with Crippen LogP contribution >= 0.6 is 7.82 Å². The first-order chi connectivity index (χ1) is 36.5. The van der Waals surface area contributed by atoms with E-state index in [1.807, 2.05) is 27.2 Å². The van der Waals surface area contributed by atoms with Crippen LogP contribution in [0.3, 0.4) is 0 Å². The molecule has 0 bridgehead atoms. The van der Waals surface area contributed by atoms with Crippen LogP contribution in [0.4, 0.5) is 0 Å². The maximum absolute atomic E-state index is 13.0. The predicted molar refractivity (Wildman–Crippen MR) is 325 cm³/mol. The minimum absolute atomic E-state index is 0.0160. The molecule has 0 saturated heterocycles. The minimum atomic E-state index is -4.62. The van der Waals surface area contributed by atoms with Gasteiger partial charge in [0.15, 0.2) is 0 Å². The number of hydrogen-bond acceptors (Lipinski definition) is 6. The Hall–Kier alpha value is -3.10. The van der Waals surface area contributed by atoms with Gasteiger partial charge in [-0.15, -0.1) is 0 Å². The number of allylic oxidation sites excluding steroid dienone is 19. The molecule has 0 aromatic heterocycles. The number of carbonyl (C=O) groups is 1. The number of nitrogens with zero attached hydrogens (tertiary/aromatic N) is 1. The fraction of sp³-hybridized carbons (Fsp3) is 0.682. The summed E-state index contributed by atoms with van der Waals surface area (Å²) in [4.78, 5) is 25.5. The van der Waals surface area contributed by atoms with Gasteiger partial charge in [-0.05, 0) is 96.3 Å². The molecule has 0 aliphatic carbocycles. The lowest BCUT2D eigenvalue weighted by atomic mass is 10.0. The zero-order chi connectivity index (χ0) is 54.9. The summed E-state index contributed by atoms with van der Waals surface area (Å²) in [6, 6.07) is -0.922. The molecule has 0 saturated carbocycles. The van der Waals surface area contributed by atoms with Crippen molar-refractivity contribution in [2.45, 2.75) is 251 Å². The van der Waals surface area contributed by atoms with Gasteiger partial charge in [0, 0.05) is 6.42 Å². The summed E-state index contributed by atoms with van der Waals surface area (Å²) in [6.45, 7) is 4.50. The van der Waals surface area contributed by atoms with Crippen LogP contribution in [0.2, 0.25) is 0 Å². The largest absolute Gasteiger partial charge is 0.756 e. The van der Waals surface area contributed by atoms with Crippen molar-refractivity contribution in [1.82, 2.24) is 5.32 Å². The number of amides is 1. The number of phosphoric acid groups is 1. The highest BCUT2D eigenvalue weighted by molar-refractivity contribution is 7.45. The number of aliphatic hydroxyl groups is 1. The lowest BCUT2D eigenvalue weighted by Crippen LogP contribution is -2.45. The van der Waals surface area contributed by atoms with Crippen molar-refractivity contribution in [2.75, 3.05) is 40.9 Å². The van der Waals surface area contributed by atoms with E-state index in [2.05, 4.69) is 129 Å². The van der Waals surface area contributed by atoms with Gasteiger partial charge in [-0.25, -0.2) is 0 Å². The summed E-state index contributed by atoms with van der Waals surface area (Å²) >= 11 is 0. The van der Waals surface area contributed by atoms with Crippen molar-refractivity contribution in [2.24, 2.45) is 0 Å². The normalized spacial score (nSPS) is 14.7. The number of quaternary nitrogens is 1. The van der Waals surface area contributed by atoms with Gasteiger partial charge < -0.3 is 28.8 Å². The van der Waals surface area contributed by atoms with E-state index >= 15 is 0 Å². The fourth-order valence-electron chi connectivity index (χ4n) is 8.18. The maximum Gasteiger partial charge on any atom is 0.268 e. The second-order valence-corrected chi connectivity index (χ2v) is 22.7. The standard InChI is InChI=1S/C66H115N2O6P/c1-6-8-10-12-14-16-18-20-22-24-26-28-30-31-32-33-34-35-36-37-38-40-42-44-46-48-50-52-54-56-58-60-66(70)67-64(63-74-75(71,72)73-62-61-68(3,4)5)65(69)59-57-55-53-51-49-47-45-43-41-39-29-27-25-23-21-19-17-15-13-11-9-7-2/h8,10,14,16,20,22,26,28,31-32,34-35,37-38,42,44,49,51,57,59,64-65,69H,6-7,9,11-13,15,17-19,21,23-25,27,29-30,33,36,39-41,43,45-48,50,52-56,58,60-63H2,1-5H3,(H-,67,70,71,72)/b10-8-,16-14-,22-20-,28-26-,32-31-,35-34-,38-37-,44-42-,51-49+,59-57+. The fourth-order valence-corrected chi connectivity index (χ4v) is 8.91. The first kappa shape index (κ1) is 71.9. The smallest absolute Gasteiger partial charge is 0.268 e. The highest BCUT2D eigenvalue weighted by Crippen LogP contribution is 2.38. The van der Waals surface area contributed by atoms with Crippen LogP contribution in [-0.2, 0) is 18.4 Å². The van der Waals surface area contributed by atoms with E-state index in [1.165, 1.54) is 103 Å². The van der Waals surface area contributed by atoms with E-state index in [0.717, 1.165) is 116 Å². The van der Waals surface area contributed by atoms with Gasteiger partial charge in [0.2, 0.25) is 5.91 Å². The van der Waals surface area contributed by atoms with E-state index < -0.39 is 26.6 Å². The van der Waals surface area contributed by atoms with Gasteiger partial charge in [-0.2, -0.15) is 0 Å². The molecule has 2 N–H and O–H groups in total. The van der Waals surface area contributed by atoms with Gasteiger partial charge >= 0.3 is 0 Å². The summed E-state index contributed by atoms with van der Waals surface area (Å²) in [7, 11) is 1.22. The minimum Gasteiger partial charge on any atom is -0.756 e. The molecule has 75 heavy (non-hydrogen) atoms. The molecular weight excluding hydrogens is 948 g/mol. The zero-order valence-corrected chi connectivity index (χ0v) is 49.8. The van der Waals surface area contributed by atoms with Gasteiger partial charge in [0.05, 0.1) is 39.9 Å². The maximum atomic E-state index is 13.0. The Kier molecular flexibility index (Phi) is 53.3. The van der Waals surface area contributed by atoms with Gasteiger partial charge in [0.25, 0.3) is 7.82 Å². The Labute approximate surface area is 463 Å². The van der Waals surface area contributed by atoms with Gasteiger partial charge in [-0.1, -0.05) is 257 Å². The molecule has 0 aliphatic heterocycles. The molecule has 9 heteroatoms. The number of likely N-dealkylation sites (N-methyl/N-ethyl adjacent to an activating group) is 1. The Morgan fingerprint density at radius 1 is 0.480 bits per heavy atom. The molecule has 430 valence electrons. The van der Waals surface area contributed by atoms with Crippen molar-refractivity contribution in [3.05, 3.63) is 122 Å². The molecule has 0 aromatic rings. The number of nitrogens with one attached hydrogen (secondary N) is 1. The molecule has 0 fully saturated rings. The first-order valence-electron chi connectivity index (χ1n) is 30.4. The molecule has 0 radical (unpaired) electrons. The van der Waals surface area contributed by atoms with E-state index in [1.54, 1.807) is 6.08 Å². The monoisotopic (exact) mass is 1060 g/mol. The second-order valence-electron chi connectivity index (χ2n) is 21.3. The number of carbonyl (C=O) groups excluding carboxylic acids is 1. The van der Waals surface area contributed by atoms with Crippen LogP contribution in [0.1, 0.15) is 239 Å². The van der Waals surface area contributed by atoms with Crippen molar-refractivity contribution >= 4 is 13.7 Å². The molecule has 0 aliphatic rings. The molecule has 1 amide bonds. The van der Waals surface area contributed by atoms with Crippen LogP contribution in [0.15, 0.2) is 122 Å². The SMILES string of the molecule is CC/C=C\C/C=C\C/C=C\C/C=C\C/C=C\C/C=C\C/C=C\C/C=C\CCCCCCCCC(=O)NC(COP(=O)([O-])OCC[N+](C)(C)C)C(O)/C=C/CC/C=C/CCCCCCCCCCCCCCCCCC. The van der Waals surface area contributed by atoms with E-state index in [9.17, 15) is 19.4 Å². The van der Waals surface area contributed by atoms with Crippen molar-refractivity contribution in [3.63, 3.8) is 0 Å². The molecule has 0 heterocycles. The average molecular weight is 1060 g/mol. The second kappa shape index (κ2) is 55.6. The van der Waals surface area contributed by atoms with Crippen molar-refractivity contribution in [3.8, 4) is 0 Å². The molecule has 0 aromatic carbocycles. The quantitative estimate of drug-likeness (QED) is 0.0272. The summed E-state index contributed by atoms with van der Waals surface area (Å²) in [6.07, 6.45) is 82.8. The van der Waals surface area contributed by atoms with E-state index in [0.29, 0.717) is 17.4 Å². The number of phosphoric ester groups is 1. The third-order valence-corrected chi connectivity index (χ3v) is 13.9. The molecule has 3 atom stereocenters. The lowest BCUT2D eigenvalue weighted by molar-refractivity contribution is -0.870. The number of rotatable bonds is 54. The molecule has 8 nitrogen and oxygen atoms in total. The van der Waals surface area contributed by atoms with Crippen LogP contribution < -0.4 is 10.2 Å². The molecular formula is C66H115N2O6P. The zero-order valence-electron chi connectivity index (χ0n) is 49.0. The molecule has 0 rings (SSSR count). The van der Waals surface area contributed by atoms with E-state index in [4.69, 9.17) is 9.05 Å². The Bertz CT molecular complexity index is 1630. The summed E-state index contributed by atoms with van der Waals surface area (Å²) < 4.78 is 23.3. The molecule has 0 spiro atoms. The van der Waals surface area contributed by atoms with Gasteiger partial charge in [0.1, 0.15) is 13.2 Å². The van der Waals surface area contributed by atoms with Crippen LogP contribution in [0.25, 0.3) is 0 Å². The van der Waals surface area contributed by atoms with Crippen LogP contribution in [-0.4, -0.2) is 68.5 Å². The highest BCUT2D eigenvalue weighted by Gasteiger charge is 2.23. The number of aliphatic hydroxyl groups excluding tert-OH is 1. The molecule has 3 unspecified atom stereocenters. The average Bonchev–Trinajstić information content (AvgIpc) is 3.37. The van der Waals surface area contributed by atoms with Crippen LogP contribution in [0, 0.1) is 0 Å². The predicted octanol–water partition coefficient (Wildman–Crippen LogP) is 18.3. The van der Waals surface area contributed by atoms with Crippen LogP contribution in [0.5, 0.6) is 0 Å². The number of hydrogen-bond donors (Lipinski definition) is 2. The Morgan fingerprint density at radius 3 is 1.24 bits per heavy atom.